The number of benzene rings is 1. The maximum Gasteiger partial charge on any atom is 0.305 e. The largest absolute Gasteiger partial charge is 0.481 e. The minimum Gasteiger partial charge on any atom is -0.481 e. The number of para-hydroxylation sites is 2. The van der Waals surface area contributed by atoms with E-state index in [9.17, 15) is 19.2 Å². The number of fused-ring (bicyclic) bond motifs is 1. The predicted molar refractivity (Wildman–Crippen MR) is 99.8 cm³/mol. The Bertz CT molecular complexity index is 788. The molecule has 2 aliphatic heterocycles. The quantitative estimate of drug-likeness (QED) is 0.664. The van der Waals surface area contributed by atoms with Gasteiger partial charge in [0.05, 0.1) is 23.3 Å². The summed E-state index contributed by atoms with van der Waals surface area (Å²) in [5, 5.41) is 14.7. The molecule has 9 nitrogen and oxygen atoms in total. The van der Waals surface area contributed by atoms with Gasteiger partial charge in [-0.2, -0.15) is 0 Å². The molecule has 3 amide bonds. The Morgan fingerprint density at radius 3 is 2.61 bits per heavy atom. The lowest BCUT2D eigenvalue weighted by molar-refractivity contribution is -0.140. The number of amides is 3. The predicted octanol–water partition coefficient (Wildman–Crippen LogP) is 0.892. The van der Waals surface area contributed by atoms with Crippen LogP contribution in [0.15, 0.2) is 24.3 Å². The molecule has 0 radical (unpaired) electrons. The number of carboxylic acid groups (broad SMARTS) is 1. The van der Waals surface area contributed by atoms with E-state index in [0.717, 1.165) is 0 Å². The van der Waals surface area contributed by atoms with Gasteiger partial charge in [-0.15, -0.1) is 0 Å². The van der Waals surface area contributed by atoms with Gasteiger partial charge >= 0.3 is 5.97 Å². The van der Waals surface area contributed by atoms with Crippen molar-refractivity contribution in [3.63, 3.8) is 0 Å². The fourth-order valence-electron chi connectivity index (χ4n) is 3.57. The van der Waals surface area contributed by atoms with Crippen LogP contribution in [-0.2, 0) is 23.9 Å². The number of nitrogens with zero attached hydrogens (tertiary/aromatic N) is 1. The molecule has 0 bridgehead atoms. The summed E-state index contributed by atoms with van der Waals surface area (Å²) in [6.45, 7) is 0.663. The molecule has 0 atom stereocenters. The highest BCUT2D eigenvalue weighted by Crippen LogP contribution is 2.29. The van der Waals surface area contributed by atoms with E-state index >= 15 is 0 Å². The van der Waals surface area contributed by atoms with E-state index in [1.165, 1.54) is 4.90 Å². The van der Waals surface area contributed by atoms with Crippen LogP contribution < -0.4 is 15.5 Å². The van der Waals surface area contributed by atoms with Gasteiger partial charge in [0.1, 0.15) is 6.54 Å². The molecule has 9 heteroatoms. The number of ether oxygens (including phenoxy) is 1. The van der Waals surface area contributed by atoms with Crippen molar-refractivity contribution in [2.24, 2.45) is 0 Å². The molecular formula is C19H23N3O6. The van der Waals surface area contributed by atoms with Crippen LogP contribution in [0.25, 0.3) is 0 Å². The second kappa shape index (κ2) is 8.39. The summed E-state index contributed by atoms with van der Waals surface area (Å²) < 4.78 is 5.27. The molecule has 3 rings (SSSR count). The van der Waals surface area contributed by atoms with Crippen LogP contribution in [0.3, 0.4) is 0 Å². The molecular weight excluding hydrogens is 366 g/mol. The first kappa shape index (κ1) is 19.8. The van der Waals surface area contributed by atoms with Crippen LogP contribution in [0, 0.1) is 0 Å². The Kier molecular flexibility index (Phi) is 5.93. The summed E-state index contributed by atoms with van der Waals surface area (Å²) in [6, 6.07) is 6.97. The number of nitrogens with one attached hydrogen (secondary N) is 2. The standard InChI is InChI=1S/C19H23N3O6/c23-15(21-19(11-18(26)27)7-9-28-10-8-19)5-6-17(25)22-12-16(24)20-13-3-1-2-4-14(13)22/h1-4H,5-12H2,(H,20,24)(H,21,23)(H,26,27). The van der Waals surface area contributed by atoms with Crippen molar-refractivity contribution >= 4 is 35.1 Å². The molecule has 2 heterocycles. The Hall–Kier alpha value is -2.94. The summed E-state index contributed by atoms with van der Waals surface area (Å²) in [4.78, 5) is 49.4. The molecule has 1 fully saturated rings. The maximum atomic E-state index is 12.6. The monoisotopic (exact) mass is 389 g/mol. The first-order valence-corrected chi connectivity index (χ1v) is 9.18. The zero-order valence-electron chi connectivity index (χ0n) is 15.4. The van der Waals surface area contributed by atoms with Crippen molar-refractivity contribution in [1.82, 2.24) is 5.32 Å². The van der Waals surface area contributed by atoms with E-state index in [2.05, 4.69) is 10.6 Å². The number of carbonyl (C=O) groups is 4. The van der Waals surface area contributed by atoms with Crippen LogP contribution in [0.2, 0.25) is 0 Å². The molecule has 1 saturated heterocycles. The molecule has 0 unspecified atom stereocenters. The average molecular weight is 389 g/mol. The van der Waals surface area contributed by atoms with Crippen molar-refractivity contribution in [2.75, 3.05) is 30.0 Å². The van der Waals surface area contributed by atoms with E-state index in [0.29, 0.717) is 37.4 Å². The van der Waals surface area contributed by atoms with Crippen LogP contribution in [-0.4, -0.2) is 54.1 Å². The van der Waals surface area contributed by atoms with E-state index in [4.69, 9.17) is 9.84 Å². The third-order valence-corrected chi connectivity index (χ3v) is 4.98. The minimum absolute atomic E-state index is 0.0763. The van der Waals surface area contributed by atoms with Gasteiger partial charge in [0.2, 0.25) is 17.7 Å². The van der Waals surface area contributed by atoms with Gasteiger partial charge in [-0.05, 0) is 25.0 Å². The molecule has 0 saturated carbocycles. The second-order valence-electron chi connectivity index (χ2n) is 7.06. The normalized spacial score (nSPS) is 18.0. The van der Waals surface area contributed by atoms with Crippen molar-refractivity contribution in [1.29, 1.82) is 0 Å². The van der Waals surface area contributed by atoms with Crippen molar-refractivity contribution < 1.29 is 29.0 Å². The molecule has 1 aromatic rings. The SMILES string of the molecule is O=C(O)CC1(NC(=O)CCC(=O)N2CC(=O)Nc3ccccc32)CCOCC1. The number of hydrogen-bond acceptors (Lipinski definition) is 5. The first-order chi connectivity index (χ1) is 13.4. The molecule has 0 aromatic heterocycles. The van der Waals surface area contributed by atoms with Crippen LogP contribution in [0.4, 0.5) is 11.4 Å². The lowest BCUT2D eigenvalue weighted by Crippen LogP contribution is -2.53. The van der Waals surface area contributed by atoms with Crippen LogP contribution >= 0.6 is 0 Å². The number of hydrogen-bond donors (Lipinski definition) is 3. The zero-order chi connectivity index (χ0) is 20.1. The molecule has 3 N–H and O–H groups in total. The van der Waals surface area contributed by atoms with Gasteiger partial charge in [0, 0.05) is 26.1 Å². The topological polar surface area (TPSA) is 125 Å². The minimum atomic E-state index is -0.991. The smallest absolute Gasteiger partial charge is 0.305 e. The Morgan fingerprint density at radius 1 is 1.18 bits per heavy atom. The van der Waals surface area contributed by atoms with E-state index in [-0.39, 0.29) is 43.5 Å². The molecule has 0 spiro atoms. The summed E-state index contributed by atoms with van der Waals surface area (Å²) in [6.07, 6.45) is 0.488. The molecule has 28 heavy (non-hydrogen) atoms. The summed E-state index contributed by atoms with van der Waals surface area (Å²) in [5.74, 6) is -2.00. The van der Waals surface area contributed by atoms with E-state index < -0.39 is 11.5 Å². The van der Waals surface area contributed by atoms with Crippen molar-refractivity contribution in [2.45, 2.75) is 37.6 Å². The first-order valence-electron chi connectivity index (χ1n) is 9.18. The third kappa shape index (κ3) is 4.66. The van der Waals surface area contributed by atoms with Crippen LogP contribution in [0.1, 0.15) is 32.1 Å². The number of anilines is 2. The van der Waals surface area contributed by atoms with Gasteiger partial charge in [0.25, 0.3) is 0 Å². The molecule has 1 aromatic carbocycles. The summed E-state index contributed by atoms with van der Waals surface area (Å²) >= 11 is 0. The van der Waals surface area contributed by atoms with E-state index in [1.807, 2.05) is 0 Å². The fourth-order valence-corrected chi connectivity index (χ4v) is 3.57. The molecule has 150 valence electrons. The second-order valence-corrected chi connectivity index (χ2v) is 7.06. The third-order valence-electron chi connectivity index (χ3n) is 4.98. The Labute approximate surface area is 162 Å². The fraction of sp³-hybridized carbons (Fsp3) is 0.474. The highest BCUT2D eigenvalue weighted by Gasteiger charge is 2.36. The van der Waals surface area contributed by atoms with E-state index in [1.54, 1.807) is 24.3 Å². The summed E-state index contributed by atoms with van der Waals surface area (Å²) in [5.41, 5.74) is 0.306. The van der Waals surface area contributed by atoms with Gasteiger partial charge in [-0.25, -0.2) is 0 Å². The van der Waals surface area contributed by atoms with Crippen molar-refractivity contribution in [3.8, 4) is 0 Å². The maximum absolute atomic E-state index is 12.6. The van der Waals surface area contributed by atoms with Gasteiger partial charge in [-0.1, -0.05) is 12.1 Å². The van der Waals surface area contributed by atoms with Crippen molar-refractivity contribution in [3.05, 3.63) is 24.3 Å². The lowest BCUT2D eigenvalue weighted by Gasteiger charge is -2.37. The number of carbonyl (C=O) groups excluding carboxylic acids is 3. The summed E-state index contributed by atoms with van der Waals surface area (Å²) in [7, 11) is 0. The van der Waals surface area contributed by atoms with Gasteiger partial charge < -0.3 is 25.4 Å². The average Bonchev–Trinajstić information content (AvgIpc) is 2.65. The van der Waals surface area contributed by atoms with Gasteiger partial charge in [-0.3, -0.25) is 19.2 Å². The number of carboxylic acids is 1. The number of rotatable bonds is 6. The zero-order valence-corrected chi connectivity index (χ0v) is 15.4. The Morgan fingerprint density at radius 2 is 1.89 bits per heavy atom. The molecule has 2 aliphatic rings. The molecule has 0 aliphatic carbocycles. The van der Waals surface area contributed by atoms with Crippen LogP contribution in [0.5, 0.6) is 0 Å². The highest BCUT2D eigenvalue weighted by molar-refractivity contribution is 6.10. The Balaban J connectivity index is 1.60. The highest BCUT2D eigenvalue weighted by atomic mass is 16.5. The lowest BCUT2D eigenvalue weighted by atomic mass is 9.86. The number of aliphatic carboxylic acids is 1. The van der Waals surface area contributed by atoms with Gasteiger partial charge in [0.15, 0.2) is 0 Å².